The van der Waals surface area contributed by atoms with E-state index in [2.05, 4.69) is 50.9 Å². The number of benzene rings is 2. The number of aromatic nitrogens is 5. The molecule has 0 radical (unpaired) electrons. The van der Waals surface area contributed by atoms with Gasteiger partial charge in [0, 0.05) is 24.5 Å². The van der Waals surface area contributed by atoms with Gasteiger partial charge < -0.3 is 39.9 Å². The number of amides is 1. The van der Waals surface area contributed by atoms with E-state index in [9.17, 15) is 29.7 Å². The summed E-state index contributed by atoms with van der Waals surface area (Å²) in [5, 5.41) is 42.7. The summed E-state index contributed by atoms with van der Waals surface area (Å²) in [6, 6.07) is 13.0. The molecule has 0 aliphatic carbocycles. The molecule has 0 saturated heterocycles. The fourth-order valence-electron chi connectivity index (χ4n) is 5.59. The first-order valence-corrected chi connectivity index (χ1v) is 17.5. The molecule has 1 aromatic heterocycles. The number of aromatic amines is 1. The molecule has 2 aliphatic rings. The smallest absolute Gasteiger partial charge is 0.349 e. The molecule has 52 heavy (non-hydrogen) atoms. The lowest BCUT2D eigenvalue weighted by Crippen LogP contribution is -2.42. The first kappa shape index (κ1) is 40.0. The summed E-state index contributed by atoms with van der Waals surface area (Å²) in [5.74, 6) is 0.386. The third-order valence-electron chi connectivity index (χ3n) is 8.86. The van der Waals surface area contributed by atoms with E-state index in [1.807, 2.05) is 38.1 Å². The lowest BCUT2D eigenvalue weighted by molar-refractivity contribution is -0.0802. The van der Waals surface area contributed by atoms with Gasteiger partial charge in [-0.3, -0.25) is 14.6 Å². The predicted octanol–water partition coefficient (Wildman–Crippen LogP) is 1.76. The number of carbonyl (C=O) groups is 1. The number of fused-ring (bicyclic) bond motifs is 3. The minimum absolute atomic E-state index is 0.0516. The Labute approximate surface area is 301 Å². The van der Waals surface area contributed by atoms with Gasteiger partial charge in [0.05, 0.1) is 41.9 Å². The summed E-state index contributed by atoms with van der Waals surface area (Å²) < 4.78 is 7.13. The van der Waals surface area contributed by atoms with Crippen LogP contribution >= 0.6 is 0 Å². The van der Waals surface area contributed by atoms with Crippen LogP contribution in [0.5, 0.6) is 5.88 Å². The number of H-pyrrole nitrogens is 1. The molecule has 5 rings (SSSR count). The SMILES string of the molecule is CCCCOc1cc(C(=O)NCCN(CC)CC)c2ccccc2n1.Cc1cc2nc3c(=O)[nH]c(=O)nc-3n(C[C@H](O)[C@H](O)[C@H](O)CO)c2cc1C. The minimum Gasteiger partial charge on any atom is -0.478 e. The lowest BCUT2D eigenvalue weighted by Gasteiger charge is -2.25. The van der Waals surface area contributed by atoms with Gasteiger partial charge in [-0.05, 0) is 62.7 Å². The normalized spacial score (nSPS) is 13.2. The highest BCUT2D eigenvalue weighted by molar-refractivity contribution is 6.06. The highest BCUT2D eigenvalue weighted by Crippen LogP contribution is 2.25. The van der Waals surface area contributed by atoms with Gasteiger partial charge in [0.15, 0.2) is 11.5 Å². The van der Waals surface area contributed by atoms with E-state index < -0.39 is 36.2 Å². The second kappa shape index (κ2) is 18.6. The summed E-state index contributed by atoms with van der Waals surface area (Å²) in [6.45, 7) is 13.2. The van der Waals surface area contributed by atoms with Crippen LogP contribution in [0.1, 0.15) is 55.1 Å². The Hall–Kier alpha value is -4.80. The van der Waals surface area contributed by atoms with Gasteiger partial charge in [-0.25, -0.2) is 14.8 Å². The zero-order chi connectivity index (χ0) is 37.9. The monoisotopic (exact) mass is 719 g/mol. The molecule has 280 valence electrons. The molecule has 6 N–H and O–H groups in total. The van der Waals surface area contributed by atoms with Gasteiger partial charge in [0.1, 0.15) is 18.3 Å². The second-order valence-corrected chi connectivity index (χ2v) is 12.5. The number of hydrogen-bond donors (Lipinski definition) is 6. The average Bonchev–Trinajstić information content (AvgIpc) is 3.13. The Morgan fingerprint density at radius 1 is 0.962 bits per heavy atom. The minimum atomic E-state index is -1.64. The van der Waals surface area contributed by atoms with Gasteiger partial charge >= 0.3 is 5.69 Å². The van der Waals surface area contributed by atoms with Crippen LogP contribution in [0.25, 0.3) is 33.5 Å². The number of nitrogens with zero attached hydrogens (tertiary/aromatic N) is 5. The number of ether oxygens (including phenoxy) is 1. The molecular formula is C37H49N7O8. The van der Waals surface area contributed by atoms with Crippen LogP contribution in [-0.4, -0.2) is 113 Å². The third kappa shape index (κ3) is 9.74. The van der Waals surface area contributed by atoms with Crippen molar-refractivity contribution in [3.05, 3.63) is 80.0 Å². The molecule has 0 saturated carbocycles. The fourth-order valence-corrected chi connectivity index (χ4v) is 5.59. The van der Waals surface area contributed by atoms with Crippen molar-refractivity contribution < 1.29 is 30.0 Å². The number of aliphatic hydroxyl groups excluding tert-OH is 4. The van der Waals surface area contributed by atoms with Crippen molar-refractivity contribution in [2.24, 2.45) is 0 Å². The highest BCUT2D eigenvalue weighted by Gasteiger charge is 2.27. The van der Waals surface area contributed by atoms with E-state index in [4.69, 9.17) is 9.84 Å². The molecule has 0 bridgehead atoms. The number of likely N-dealkylation sites (N-methyl/N-ethyl adjacent to an activating group) is 1. The van der Waals surface area contributed by atoms with Crippen molar-refractivity contribution in [3.63, 3.8) is 0 Å². The predicted molar refractivity (Wildman–Crippen MR) is 198 cm³/mol. The van der Waals surface area contributed by atoms with Crippen LogP contribution in [0, 0.1) is 13.8 Å². The van der Waals surface area contributed by atoms with Crippen LogP contribution in [0.4, 0.5) is 0 Å². The van der Waals surface area contributed by atoms with Crippen molar-refractivity contribution in [2.45, 2.75) is 72.3 Å². The molecule has 15 heteroatoms. The molecule has 2 aliphatic heterocycles. The average molecular weight is 720 g/mol. The lowest BCUT2D eigenvalue weighted by atomic mass is 10.1. The van der Waals surface area contributed by atoms with Gasteiger partial charge in [-0.1, -0.05) is 45.4 Å². The molecule has 0 unspecified atom stereocenters. The van der Waals surface area contributed by atoms with Crippen molar-refractivity contribution in [3.8, 4) is 17.4 Å². The molecule has 2 aromatic carbocycles. The number of unbranched alkanes of at least 4 members (excludes halogenated alkanes) is 1. The molecule has 0 spiro atoms. The number of para-hydroxylation sites is 1. The second-order valence-electron chi connectivity index (χ2n) is 12.5. The maximum Gasteiger partial charge on any atom is 0.349 e. The van der Waals surface area contributed by atoms with Crippen molar-refractivity contribution in [1.82, 2.24) is 34.7 Å². The number of nitrogens with one attached hydrogen (secondary N) is 2. The van der Waals surface area contributed by atoms with E-state index in [1.54, 1.807) is 18.2 Å². The summed E-state index contributed by atoms with van der Waals surface area (Å²) in [5.41, 5.74) is 2.52. The standard InChI is InChI=1S/C20H29N3O2.C17H20N4O6/c1-4-7-14-25-19-15-17(16-10-8-9-11-18(16)22-19)20(24)21-12-13-23(5-2)6-3;1-7-3-9-10(4-8(7)2)21(5-11(23)14(25)12(24)6-22)15-13(18-9)16(26)20-17(27)19-15/h8-11,15H,4-7,12-14H2,1-3H3,(H,21,24);3-4,11-12,14,22-25H,5-6H2,1-2H3,(H,20,26,27)/t;11-,12+,14-/m.0/s1. The number of hydrogen-bond acceptors (Lipinski definition) is 12. The number of aliphatic hydroxyl groups is 4. The van der Waals surface area contributed by atoms with E-state index in [0.29, 0.717) is 35.6 Å². The summed E-state index contributed by atoms with van der Waals surface area (Å²) >= 11 is 0. The molecule has 15 nitrogen and oxygen atoms in total. The quantitative estimate of drug-likeness (QED) is 0.0674. The highest BCUT2D eigenvalue weighted by atomic mass is 16.5. The Morgan fingerprint density at radius 3 is 2.37 bits per heavy atom. The zero-order valence-electron chi connectivity index (χ0n) is 30.3. The first-order chi connectivity index (χ1) is 24.9. The molecule has 3 heterocycles. The maximum absolute atomic E-state index is 12.7. The van der Waals surface area contributed by atoms with Crippen LogP contribution in [0.15, 0.2) is 52.1 Å². The molecule has 3 atom stereocenters. The molecule has 1 amide bonds. The Bertz CT molecular complexity index is 2050. The van der Waals surface area contributed by atoms with E-state index >= 15 is 0 Å². The Morgan fingerprint density at radius 2 is 1.67 bits per heavy atom. The summed E-state index contributed by atoms with van der Waals surface area (Å²) in [4.78, 5) is 53.5. The summed E-state index contributed by atoms with van der Waals surface area (Å²) in [7, 11) is 0. The van der Waals surface area contributed by atoms with E-state index in [0.717, 1.165) is 54.5 Å². The largest absolute Gasteiger partial charge is 0.478 e. The van der Waals surface area contributed by atoms with Crippen LogP contribution in [0.2, 0.25) is 0 Å². The van der Waals surface area contributed by atoms with E-state index in [-0.39, 0.29) is 24.0 Å². The number of rotatable bonds is 15. The number of carbonyl (C=O) groups excluding carboxylic acids is 1. The number of aryl methyl sites for hydroxylation is 2. The van der Waals surface area contributed by atoms with E-state index in [1.165, 1.54) is 4.57 Å². The zero-order valence-corrected chi connectivity index (χ0v) is 30.3. The number of pyridine rings is 1. The van der Waals surface area contributed by atoms with Gasteiger partial charge in [0.25, 0.3) is 11.5 Å². The van der Waals surface area contributed by atoms with Crippen LogP contribution in [-0.2, 0) is 6.54 Å². The Kier molecular flexibility index (Phi) is 14.3. The van der Waals surface area contributed by atoms with Gasteiger partial charge in [-0.2, -0.15) is 4.98 Å². The van der Waals surface area contributed by atoms with Crippen molar-refractivity contribution in [2.75, 3.05) is 39.4 Å². The molecule has 0 fully saturated rings. The summed E-state index contributed by atoms with van der Waals surface area (Å²) in [6.07, 6.45) is -2.65. The van der Waals surface area contributed by atoms with Gasteiger partial charge in [0.2, 0.25) is 5.88 Å². The van der Waals surface area contributed by atoms with Crippen molar-refractivity contribution in [1.29, 1.82) is 0 Å². The fraction of sp³-hybridized carbons (Fsp3) is 0.459. The topological polar surface area (TPSA) is 216 Å². The molecule has 3 aromatic rings. The molecular weight excluding hydrogens is 670 g/mol. The van der Waals surface area contributed by atoms with Crippen LogP contribution < -0.4 is 21.3 Å². The maximum atomic E-state index is 12.7. The van der Waals surface area contributed by atoms with Crippen LogP contribution in [0.3, 0.4) is 0 Å². The third-order valence-corrected chi connectivity index (χ3v) is 8.86. The van der Waals surface area contributed by atoms with Gasteiger partial charge in [-0.15, -0.1) is 0 Å². The van der Waals surface area contributed by atoms with Crippen molar-refractivity contribution >= 4 is 27.8 Å². The Balaban J connectivity index is 0.000000234. The first-order valence-electron chi connectivity index (χ1n) is 17.5.